The molecule has 1 aromatic carbocycles. The van der Waals surface area contributed by atoms with Gasteiger partial charge in [-0.1, -0.05) is 0 Å². The molecule has 1 aliphatic rings. The van der Waals surface area contributed by atoms with E-state index < -0.39 is 26.7 Å². The Morgan fingerprint density at radius 3 is 2.81 bits per heavy atom. The summed E-state index contributed by atoms with van der Waals surface area (Å²) in [4.78, 5) is 10.1. The number of hydrogen-bond donors (Lipinski definition) is 1. The molecule has 0 unspecified atom stereocenters. The lowest BCUT2D eigenvalue weighted by Gasteiger charge is -2.22. The summed E-state index contributed by atoms with van der Waals surface area (Å²) in [6.45, 7) is 0.0326. The molecular weight excluding hydrogens is 300 g/mol. The van der Waals surface area contributed by atoms with Gasteiger partial charge < -0.3 is 9.84 Å². The van der Waals surface area contributed by atoms with E-state index in [-0.39, 0.29) is 17.3 Å². The van der Waals surface area contributed by atoms with E-state index in [0.717, 1.165) is 6.07 Å². The van der Waals surface area contributed by atoms with E-state index in [4.69, 9.17) is 4.74 Å². The Kier molecular flexibility index (Phi) is 4.45. The van der Waals surface area contributed by atoms with Gasteiger partial charge in [0.15, 0.2) is 5.75 Å². The van der Waals surface area contributed by atoms with Crippen molar-refractivity contribution in [2.45, 2.75) is 23.8 Å². The summed E-state index contributed by atoms with van der Waals surface area (Å²) in [5, 5.41) is 20.2. The van der Waals surface area contributed by atoms with Gasteiger partial charge in [-0.05, 0) is 25.0 Å². The Hall–Kier alpha value is -1.71. The molecule has 0 bridgehead atoms. The molecule has 0 radical (unpaired) electrons. The molecule has 116 valence electrons. The van der Waals surface area contributed by atoms with Crippen LogP contribution in [0, 0.1) is 10.1 Å². The van der Waals surface area contributed by atoms with Gasteiger partial charge in [0, 0.05) is 18.7 Å². The van der Waals surface area contributed by atoms with E-state index in [9.17, 15) is 23.6 Å². The predicted octanol–water partition coefficient (Wildman–Crippen LogP) is 0.749. The van der Waals surface area contributed by atoms with Gasteiger partial charge in [-0.3, -0.25) is 10.1 Å². The molecule has 1 aliphatic heterocycles. The molecule has 1 saturated heterocycles. The van der Waals surface area contributed by atoms with E-state index in [1.54, 1.807) is 0 Å². The second kappa shape index (κ2) is 5.96. The van der Waals surface area contributed by atoms with Gasteiger partial charge in [-0.2, -0.15) is 4.31 Å². The first-order valence-electron chi connectivity index (χ1n) is 6.37. The maximum absolute atomic E-state index is 12.5. The summed E-state index contributed by atoms with van der Waals surface area (Å²) >= 11 is 0. The smallest absolute Gasteiger partial charge is 0.312 e. The summed E-state index contributed by atoms with van der Waals surface area (Å²) in [5.74, 6) is -0.000852. The van der Waals surface area contributed by atoms with Crippen molar-refractivity contribution in [1.29, 1.82) is 0 Å². The van der Waals surface area contributed by atoms with E-state index in [1.165, 1.54) is 23.5 Å². The average molecular weight is 316 g/mol. The van der Waals surface area contributed by atoms with Crippen molar-refractivity contribution in [3.63, 3.8) is 0 Å². The highest BCUT2D eigenvalue weighted by atomic mass is 32.2. The third-order valence-electron chi connectivity index (χ3n) is 3.49. The van der Waals surface area contributed by atoms with Crippen molar-refractivity contribution >= 4 is 15.7 Å². The van der Waals surface area contributed by atoms with Gasteiger partial charge in [0.25, 0.3) is 0 Å². The third-order valence-corrected chi connectivity index (χ3v) is 5.44. The van der Waals surface area contributed by atoms with Gasteiger partial charge in [0.05, 0.1) is 23.5 Å². The molecule has 1 N–H and O–H groups in total. The number of nitro benzene ring substituents is 1. The zero-order chi connectivity index (χ0) is 15.6. The maximum atomic E-state index is 12.5. The first-order valence-corrected chi connectivity index (χ1v) is 7.81. The summed E-state index contributed by atoms with van der Waals surface area (Å²) < 4.78 is 31.1. The van der Waals surface area contributed by atoms with Gasteiger partial charge in [0.2, 0.25) is 10.0 Å². The second-order valence-corrected chi connectivity index (χ2v) is 6.58. The summed E-state index contributed by atoms with van der Waals surface area (Å²) in [5.41, 5.74) is -0.404. The van der Waals surface area contributed by atoms with E-state index in [0.29, 0.717) is 19.4 Å². The zero-order valence-corrected chi connectivity index (χ0v) is 12.2. The minimum absolute atomic E-state index is 0.000852. The van der Waals surface area contributed by atoms with Gasteiger partial charge in [-0.25, -0.2) is 8.42 Å². The lowest BCUT2D eigenvalue weighted by atomic mass is 10.2. The Labute approximate surface area is 122 Å². The van der Waals surface area contributed by atoms with E-state index in [1.807, 2.05) is 0 Å². The van der Waals surface area contributed by atoms with Crippen molar-refractivity contribution in [1.82, 2.24) is 4.31 Å². The number of aliphatic hydroxyl groups is 1. The van der Waals surface area contributed by atoms with Crippen LogP contribution in [0.3, 0.4) is 0 Å². The van der Waals surface area contributed by atoms with Crippen molar-refractivity contribution in [3.8, 4) is 5.75 Å². The number of sulfonamides is 1. The topological polar surface area (TPSA) is 110 Å². The van der Waals surface area contributed by atoms with Crippen LogP contribution in [-0.4, -0.2) is 49.1 Å². The minimum atomic E-state index is -3.87. The molecule has 1 fully saturated rings. The Morgan fingerprint density at radius 2 is 2.24 bits per heavy atom. The Bertz CT molecular complexity index is 645. The Balaban J connectivity index is 2.45. The number of hydrogen-bond acceptors (Lipinski definition) is 6. The summed E-state index contributed by atoms with van der Waals surface area (Å²) in [7, 11) is -2.59. The molecule has 0 aromatic heterocycles. The van der Waals surface area contributed by atoms with Gasteiger partial charge in [0.1, 0.15) is 0 Å². The largest absolute Gasteiger partial charge is 0.490 e. The van der Waals surface area contributed by atoms with Crippen LogP contribution < -0.4 is 4.74 Å². The number of nitro groups is 1. The zero-order valence-electron chi connectivity index (χ0n) is 11.4. The first-order chi connectivity index (χ1) is 9.91. The molecule has 1 heterocycles. The van der Waals surface area contributed by atoms with Crippen LogP contribution in [0.5, 0.6) is 5.75 Å². The number of aliphatic hydroxyl groups excluding tert-OH is 1. The fraction of sp³-hybridized carbons (Fsp3) is 0.500. The molecule has 0 spiro atoms. The van der Waals surface area contributed by atoms with Crippen LogP contribution in [0.25, 0.3) is 0 Å². The highest BCUT2D eigenvalue weighted by molar-refractivity contribution is 7.89. The van der Waals surface area contributed by atoms with E-state index >= 15 is 0 Å². The minimum Gasteiger partial charge on any atom is -0.490 e. The number of methoxy groups -OCH3 is 1. The van der Waals surface area contributed by atoms with Crippen LogP contribution in [0.15, 0.2) is 23.1 Å². The average Bonchev–Trinajstić information content (AvgIpc) is 2.95. The summed E-state index contributed by atoms with van der Waals surface area (Å²) in [6, 6.07) is 3.04. The molecular formula is C12H16N2O6S. The molecule has 8 nitrogen and oxygen atoms in total. The number of nitrogens with zero attached hydrogens (tertiary/aromatic N) is 2. The van der Waals surface area contributed by atoms with Crippen molar-refractivity contribution in [3.05, 3.63) is 28.3 Å². The maximum Gasteiger partial charge on any atom is 0.312 e. The first kappa shape index (κ1) is 15.7. The molecule has 1 atom stereocenters. The van der Waals surface area contributed by atoms with Gasteiger partial charge >= 0.3 is 5.69 Å². The van der Waals surface area contributed by atoms with Crippen LogP contribution in [-0.2, 0) is 10.0 Å². The third kappa shape index (κ3) is 2.85. The van der Waals surface area contributed by atoms with Gasteiger partial charge in [-0.15, -0.1) is 0 Å². The Morgan fingerprint density at radius 1 is 1.52 bits per heavy atom. The quantitative estimate of drug-likeness (QED) is 0.634. The normalized spacial score (nSPS) is 19.6. The molecule has 0 saturated carbocycles. The lowest BCUT2D eigenvalue weighted by molar-refractivity contribution is -0.386. The highest BCUT2D eigenvalue weighted by Gasteiger charge is 2.35. The fourth-order valence-corrected chi connectivity index (χ4v) is 4.12. The molecule has 1 aromatic rings. The van der Waals surface area contributed by atoms with Crippen molar-refractivity contribution in [2.24, 2.45) is 0 Å². The van der Waals surface area contributed by atoms with Crippen LogP contribution in [0.2, 0.25) is 0 Å². The van der Waals surface area contributed by atoms with Crippen LogP contribution in [0.4, 0.5) is 5.69 Å². The highest BCUT2D eigenvalue weighted by Crippen LogP contribution is 2.32. The SMILES string of the molecule is COc1ccc(S(=O)(=O)N2CCC[C@H]2CO)cc1[N+](=O)[O-]. The monoisotopic (exact) mass is 316 g/mol. The molecule has 9 heteroatoms. The summed E-state index contributed by atoms with van der Waals surface area (Å²) in [6.07, 6.45) is 1.23. The predicted molar refractivity (Wildman–Crippen MR) is 73.6 cm³/mol. The number of ether oxygens (including phenoxy) is 1. The standard InChI is InChI=1S/C12H16N2O6S/c1-20-12-5-4-10(7-11(12)14(16)17)21(18,19)13-6-2-3-9(13)8-15/h4-5,7,9,15H,2-3,6,8H2,1H3/t9-/m0/s1. The molecule has 2 rings (SSSR count). The van der Waals surface area contributed by atoms with Crippen molar-refractivity contribution < 1.29 is 23.2 Å². The second-order valence-electron chi connectivity index (χ2n) is 4.69. The van der Waals surface area contributed by atoms with Crippen LogP contribution in [0.1, 0.15) is 12.8 Å². The lowest BCUT2D eigenvalue weighted by Crippen LogP contribution is -2.37. The molecule has 0 aliphatic carbocycles. The number of rotatable bonds is 5. The fourth-order valence-electron chi connectivity index (χ4n) is 2.42. The van der Waals surface area contributed by atoms with Crippen LogP contribution >= 0.6 is 0 Å². The van der Waals surface area contributed by atoms with Crippen molar-refractivity contribution in [2.75, 3.05) is 20.3 Å². The van der Waals surface area contributed by atoms with E-state index in [2.05, 4.69) is 0 Å². The number of benzene rings is 1. The molecule has 0 amide bonds. The molecule has 21 heavy (non-hydrogen) atoms.